The molecule has 1 fully saturated rings. The summed E-state index contributed by atoms with van der Waals surface area (Å²) in [4.78, 5) is 0. The Balaban J connectivity index is 1.59. The van der Waals surface area contributed by atoms with Gasteiger partial charge in [0.05, 0.1) is 6.54 Å². The van der Waals surface area contributed by atoms with Gasteiger partial charge in [0.2, 0.25) is 0 Å². The number of aromatic nitrogens is 3. The summed E-state index contributed by atoms with van der Waals surface area (Å²) in [5.74, 6) is 1.95. The van der Waals surface area contributed by atoms with Gasteiger partial charge in [-0.2, -0.15) is 0 Å². The van der Waals surface area contributed by atoms with E-state index in [1.807, 2.05) is 24.4 Å². The Kier molecular flexibility index (Phi) is 4.31. The highest BCUT2D eigenvalue weighted by Crippen LogP contribution is 2.25. The molecule has 20 heavy (non-hydrogen) atoms. The molecule has 2 unspecified atom stereocenters. The third-order valence-corrected chi connectivity index (χ3v) is 4.60. The molecule has 108 valence electrons. The van der Waals surface area contributed by atoms with Crippen molar-refractivity contribution in [3.63, 3.8) is 0 Å². The maximum absolute atomic E-state index is 4.28. The number of nitrogens with one attached hydrogen (secondary N) is 1. The van der Waals surface area contributed by atoms with E-state index in [2.05, 4.69) is 26.8 Å². The molecule has 0 aliphatic heterocycles. The summed E-state index contributed by atoms with van der Waals surface area (Å²) in [6.45, 7) is 3.13. The largest absolute Gasteiger partial charge is 0.307 e. The van der Waals surface area contributed by atoms with Gasteiger partial charge in [-0.05, 0) is 37.3 Å². The molecule has 0 saturated heterocycles. The fraction of sp³-hybridized carbons (Fsp3) is 0.625. The Morgan fingerprint density at radius 3 is 3.05 bits per heavy atom. The first kappa shape index (κ1) is 13.6. The zero-order chi connectivity index (χ0) is 13.8. The summed E-state index contributed by atoms with van der Waals surface area (Å²) < 4.78 is 2.07. The third kappa shape index (κ3) is 3.01. The van der Waals surface area contributed by atoms with E-state index in [4.69, 9.17) is 0 Å². The lowest BCUT2D eigenvalue weighted by Crippen LogP contribution is -2.28. The minimum atomic E-state index is 0.641. The van der Waals surface area contributed by atoms with Gasteiger partial charge in [-0.25, -0.2) is 0 Å². The summed E-state index contributed by atoms with van der Waals surface area (Å²) in [5.41, 5.74) is 0.927. The lowest BCUT2D eigenvalue weighted by atomic mass is 9.98. The third-order valence-electron chi connectivity index (χ3n) is 4.60. The minimum absolute atomic E-state index is 0.641. The number of hydrogen-bond acceptors (Lipinski definition) is 3. The van der Waals surface area contributed by atoms with Crippen LogP contribution in [0, 0.1) is 5.92 Å². The average molecular weight is 272 g/mol. The summed E-state index contributed by atoms with van der Waals surface area (Å²) in [6, 6.07) is 6.66. The van der Waals surface area contributed by atoms with Gasteiger partial charge < -0.3 is 5.32 Å². The van der Waals surface area contributed by atoms with Crippen molar-refractivity contribution in [3.05, 3.63) is 30.2 Å². The minimum Gasteiger partial charge on any atom is -0.307 e. The first-order valence-corrected chi connectivity index (χ1v) is 7.89. The first-order valence-electron chi connectivity index (χ1n) is 7.89. The number of hydrogen-bond donors (Lipinski definition) is 1. The molecule has 2 heterocycles. The summed E-state index contributed by atoms with van der Waals surface area (Å²) in [6.07, 6.45) is 10.1. The molecule has 0 radical (unpaired) electrons. The van der Waals surface area contributed by atoms with Crippen LogP contribution in [-0.4, -0.2) is 20.6 Å². The van der Waals surface area contributed by atoms with Crippen LogP contribution in [0.25, 0.3) is 5.65 Å². The van der Waals surface area contributed by atoms with Crippen molar-refractivity contribution in [2.75, 3.05) is 0 Å². The van der Waals surface area contributed by atoms with Crippen molar-refractivity contribution in [3.8, 4) is 0 Å². The molecule has 1 aliphatic rings. The normalized spacial score (nSPS) is 23.9. The molecule has 2 atom stereocenters. The average Bonchev–Trinajstić information content (AvgIpc) is 2.76. The molecule has 2 aromatic rings. The van der Waals surface area contributed by atoms with Crippen LogP contribution < -0.4 is 5.32 Å². The maximum atomic E-state index is 4.28. The highest BCUT2D eigenvalue weighted by molar-refractivity contribution is 5.36. The van der Waals surface area contributed by atoms with Crippen molar-refractivity contribution < 1.29 is 0 Å². The molecule has 0 spiro atoms. The Hall–Kier alpha value is -1.42. The summed E-state index contributed by atoms with van der Waals surface area (Å²) in [7, 11) is 0. The molecule has 1 saturated carbocycles. The highest BCUT2D eigenvalue weighted by Gasteiger charge is 2.17. The van der Waals surface area contributed by atoms with E-state index in [1.54, 1.807) is 0 Å². The van der Waals surface area contributed by atoms with Crippen LogP contribution in [0.1, 0.15) is 51.3 Å². The van der Waals surface area contributed by atoms with Gasteiger partial charge in [0.1, 0.15) is 0 Å². The molecule has 1 aliphatic carbocycles. The zero-order valence-corrected chi connectivity index (χ0v) is 12.3. The maximum Gasteiger partial charge on any atom is 0.160 e. The van der Waals surface area contributed by atoms with Crippen molar-refractivity contribution in [1.82, 2.24) is 19.9 Å². The molecule has 1 N–H and O–H groups in total. The van der Waals surface area contributed by atoms with Crippen molar-refractivity contribution in [2.45, 2.75) is 58.0 Å². The molecule has 0 aromatic carbocycles. The van der Waals surface area contributed by atoms with Gasteiger partial charge in [0, 0.05) is 12.2 Å². The van der Waals surface area contributed by atoms with Crippen LogP contribution in [-0.2, 0) is 6.54 Å². The number of nitrogens with zero attached hydrogens (tertiary/aromatic N) is 3. The van der Waals surface area contributed by atoms with Crippen molar-refractivity contribution in [1.29, 1.82) is 0 Å². The van der Waals surface area contributed by atoms with E-state index in [0.29, 0.717) is 6.04 Å². The summed E-state index contributed by atoms with van der Waals surface area (Å²) >= 11 is 0. The highest BCUT2D eigenvalue weighted by atomic mass is 15.3. The molecular formula is C16H24N4. The van der Waals surface area contributed by atoms with Gasteiger partial charge in [-0.1, -0.05) is 32.3 Å². The second-order valence-electron chi connectivity index (χ2n) is 5.91. The van der Waals surface area contributed by atoms with Crippen LogP contribution in [0.5, 0.6) is 0 Å². The van der Waals surface area contributed by atoms with Crippen LogP contribution in [0.3, 0.4) is 0 Å². The molecule has 4 nitrogen and oxygen atoms in total. The fourth-order valence-electron chi connectivity index (χ4n) is 3.24. The number of pyridine rings is 1. The fourth-order valence-corrected chi connectivity index (χ4v) is 3.24. The second kappa shape index (κ2) is 6.35. The van der Waals surface area contributed by atoms with Crippen LogP contribution in [0.15, 0.2) is 24.4 Å². The van der Waals surface area contributed by atoms with E-state index in [1.165, 1.54) is 38.5 Å². The Morgan fingerprint density at radius 1 is 1.20 bits per heavy atom. The first-order chi connectivity index (χ1) is 9.86. The quantitative estimate of drug-likeness (QED) is 0.869. The molecule has 3 rings (SSSR count). The zero-order valence-electron chi connectivity index (χ0n) is 12.3. The standard InChI is InChI=1S/C16H24N4/c1-2-13-6-5-7-14(10-9-13)17-12-16-19-18-15-8-3-4-11-20(15)16/h3-4,8,11,13-14,17H,2,5-7,9-10,12H2,1H3. The molecule has 2 aromatic heterocycles. The van der Waals surface area contributed by atoms with Gasteiger partial charge in [0.25, 0.3) is 0 Å². The van der Waals surface area contributed by atoms with E-state index in [9.17, 15) is 0 Å². The van der Waals surface area contributed by atoms with Crippen molar-refractivity contribution in [2.24, 2.45) is 5.92 Å². The predicted octanol–water partition coefficient (Wildman–Crippen LogP) is 3.18. The topological polar surface area (TPSA) is 42.2 Å². The smallest absolute Gasteiger partial charge is 0.160 e. The Bertz CT molecular complexity index is 548. The number of fused-ring (bicyclic) bond motifs is 1. The monoisotopic (exact) mass is 272 g/mol. The van der Waals surface area contributed by atoms with E-state index < -0.39 is 0 Å². The Morgan fingerprint density at radius 2 is 2.15 bits per heavy atom. The van der Waals surface area contributed by atoms with Gasteiger partial charge >= 0.3 is 0 Å². The van der Waals surface area contributed by atoms with Crippen LogP contribution >= 0.6 is 0 Å². The molecule has 0 amide bonds. The van der Waals surface area contributed by atoms with Gasteiger partial charge in [-0.15, -0.1) is 10.2 Å². The lowest BCUT2D eigenvalue weighted by molar-refractivity contribution is 0.422. The number of rotatable bonds is 4. The predicted molar refractivity (Wildman–Crippen MR) is 80.5 cm³/mol. The second-order valence-corrected chi connectivity index (χ2v) is 5.91. The van der Waals surface area contributed by atoms with Crippen LogP contribution in [0.4, 0.5) is 0 Å². The van der Waals surface area contributed by atoms with Crippen LogP contribution in [0.2, 0.25) is 0 Å². The molecular weight excluding hydrogens is 248 g/mol. The lowest BCUT2D eigenvalue weighted by Gasteiger charge is -2.16. The van der Waals surface area contributed by atoms with Gasteiger partial charge in [-0.3, -0.25) is 4.40 Å². The van der Waals surface area contributed by atoms with Gasteiger partial charge in [0.15, 0.2) is 11.5 Å². The van der Waals surface area contributed by atoms with Crippen molar-refractivity contribution >= 4 is 5.65 Å². The van der Waals surface area contributed by atoms with E-state index in [0.717, 1.165) is 23.9 Å². The SMILES string of the molecule is CCC1CCCC(NCc2nnc3ccccn23)CC1. The van der Waals surface area contributed by atoms with E-state index in [-0.39, 0.29) is 0 Å². The van der Waals surface area contributed by atoms with E-state index >= 15 is 0 Å². The summed E-state index contributed by atoms with van der Waals surface area (Å²) in [5, 5.41) is 12.2. The molecule has 4 heteroatoms. The molecule has 0 bridgehead atoms. The Labute approximate surface area is 120 Å².